The number of carbonyl (C=O) groups excluding carboxylic acids is 1. The normalized spacial score (nSPS) is 30.9. The Morgan fingerprint density at radius 2 is 1.81 bits per heavy atom. The maximum atomic E-state index is 12.0. The standard InChI is InChI=1S/C11H18N2O3/c12-9-4-2-1-3-8(9)10(14)13-5-7(6-13)11(15)16/h7-9H,1-6,12H2,(H,15,16). The van der Waals surface area contributed by atoms with Crippen LogP contribution >= 0.6 is 0 Å². The number of carbonyl (C=O) groups is 2. The summed E-state index contributed by atoms with van der Waals surface area (Å²) in [4.78, 5) is 24.3. The molecule has 3 N–H and O–H groups in total. The summed E-state index contributed by atoms with van der Waals surface area (Å²) in [5.41, 5.74) is 5.93. The van der Waals surface area contributed by atoms with Crippen LogP contribution in [0.4, 0.5) is 0 Å². The fraction of sp³-hybridized carbons (Fsp3) is 0.818. The molecule has 0 spiro atoms. The van der Waals surface area contributed by atoms with Gasteiger partial charge in [-0.25, -0.2) is 0 Å². The maximum absolute atomic E-state index is 12.0. The highest BCUT2D eigenvalue weighted by Crippen LogP contribution is 2.27. The number of hydrogen-bond acceptors (Lipinski definition) is 3. The monoisotopic (exact) mass is 226 g/mol. The Morgan fingerprint density at radius 3 is 2.38 bits per heavy atom. The molecule has 2 aliphatic rings. The van der Waals surface area contributed by atoms with Gasteiger partial charge in [0.1, 0.15) is 0 Å². The van der Waals surface area contributed by atoms with Gasteiger partial charge in [-0.2, -0.15) is 0 Å². The van der Waals surface area contributed by atoms with Crippen molar-refractivity contribution in [3.63, 3.8) is 0 Å². The highest BCUT2D eigenvalue weighted by molar-refractivity contribution is 5.83. The topological polar surface area (TPSA) is 83.6 Å². The molecule has 0 aromatic heterocycles. The van der Waals surface area contributed by atoms with Crippen molar-refractivity contribution in [1.82, 2.24) is 4.90 Å². The molecule has 2 fully saturated rings. The zero-order valence-electron chi connectivity index (χ0n) is 9.26. The average molecular weight is 226 g/mol. The van der Waals surface area contributed by atoms with Crippen molar-refractivity contribution < 1.29 is 14.7 Å². The first kappa shape index (κ1) is 11.4. The van der Waals surface area contributed by atoms with Crippen LogP contribution < -0.4 is 5.73 Å². The van der Waals surface area contributed by atoms with Gasteiger partial charge in [0.2, 0.25) is 5.91 Å². The quantitative estimate of drug-likeness (QED) is 0.696. The number of carboxylic acid groups (broad SMARTS) is 1. The zero-order chi connectivity index (χ0) is 11.7. The van der Waals surface area contributed by atoms with Crippen molar-refractivity contribution in [2.45, 2.75) is 31.7 Å². The van der Waals surface area contributed by atoms with Gasteiger partial charge in [-0.15, -0.1) is 0 Å². The van der Waals surface area contributed by atoms with Crippen LogP contribution in [0.25, 0.3) is 0 Å². The van der Waals surface area contributed by atoms with Gasteiger partial charge in [-0.3, -0.25) is 9.59 Å². The van der Waals surface area contributed by atoms with E-state index in [0.717, 1.165) is 25.7 Å². The molecule has 1 heterocycles. The van der Waals surface area contributed by atoms with Gasteiger partial charge < -0.3 is 15.7 Å². The Balaban J connectivity index is 1.86. The molecule has 2 unspecified atom stereocenters. The Kier molecular flexibility index (Phi) is 3.14. The summed E-state index contributed by atoms with van der Waals surface area (Å²) >= 11 is 0. The van der Waals surface area contributed by atoms with E-state index in [0.29, 0.717) is 13.1 Å². The molecule has 5 nitrogen and oxygen atoms in total. The van der Waals surface area contributed by atoms with Crippen LogP contribution in [0.1, 0.15) is 25.7 Å². The highest BCUT2D eigenvalue weighted by Gasteiger charge is 2.40. The van der Waals surface area contributed by atoms with Crippen LogP contribution in [0.15, 0.2) is 0 Å². The second-order valence-electron chi connectivity index (χ2n) is 4.83. The predicted molar refractivity (Wildman–Crippen MR) is 57.6 cm³/mol. The van der Waals surface area contributed by atoms with Crippen LogP contribution in [0.2, 0.25) is 0 Å². The minimum Gasteiger partial charge on any atom is -0.481 e. The maximum Gasteiger partial charge on any atom is 0.310 e. The highest BCUT2D eigenvalue weighted by atomic mass is 16.4. The summed E-state index contributed by atoms with van der Waals surface area (Å²) in [6, 6.07) is -0.0369. The van der Waals surface area contributed by atoms with Crippen molar-refractivity contribution in [1.29, 1.82) is 0 Å². The number of nitrogens with zero attached hydrogens (tertiary/aromatic N) is 1. The largest absolute Gasteiger partial charge is 0.481 e. The Labute approximate surface area is 94.6 Å². The minimum atomic E-state index is -0.808. The molecule has 1 aliphatic heterocycles. The van der Waals surface area contributed by atoms with Gasteiger partial charge in [-0.1, -0.05) is 12.8 Å². The molecule has 0 radical (unpaired) electrons. The van der Waals surface area contributed by atoms with Crippen LogP contribution in [-0.2, 0) is 9.59 Å². The first-order chi connectivity index (χ1) is 7.59. The number of rotatable bonds is 2. The van der Waals surface area contributed by atoms with E-state index >= 15 is 0 Å². The third-order valence-corrected chi connectivity index (χ3v) is 3.68. The summed E-state index contributed by atoms with van der Waals surface area (Å²) in [6.07, 6.45) is 3.92. The lowest BCUT2D eigenvalue weighted by molar-refractivity contribution is -0.155. The first-order valence-electron chi connectivity index (χ1n) is 5.86. The molecule has 5 heteroatoms. The van der Waals surface area contributed by atoms with E-state index in [2.05, 4.69) is 0 Å². The van der Waals surface area contributed by atoms with E-state index < -0.39 is 5.97 Å². The minimum absolute atomic E-state index is 0.0369. The zero-order valence-corrected chi connectivity index (χ0v) is 9.26. The number of amides is 1. The van der Waals surface area contributed by atoms with E-state index in [1.165, 1.54) is 0 Å². The molecular formula is C11H18N2O3. The van der Waals surface area contributed by atoms with Gasteiger partial charge >= 0.3 is 5.97 Å². The summed E-state index contributed by atoms with van der Waals surface area (Å²) in [5.74, 6) is -1.20. The molecule has 1 saturated carbocycles. The molecular weight excluding hydrogens is 208 g/mol. The predicted octanol–water partition coefficient (Wildman–Crippen LogP) is 0.0469. The number of likely N-dealkylation sites (tertiary alicyclic amines) is 1. The molecule has 0 aromatic rings. The van der Waals surface area contributed by atoms with Gasteiger partial charge in [-0.05, 0) is 12.8 Å². The molecule has 16 heavy (non-hydrogen) atoms. The van der Waals surface area contributed by atoms with Gasteiger partial charge in [0.25, 0.3) is 0 Å². The Hall–Kier alpha value is -1.10. The summed E-state index contributed by atoms with van der Waals surface area (Å²) in [7, 11) is 0. The molecule has 2 rings (SSSR count). The molecule has 0 bridgehead atoms. The smallest absolute Gasteiger partial charge is 0.310 e. The molecule has 1 amide bonds. The van der Waals surface area contributed by atoms with E-state index in [1.54, 1.807) is 4.90 Å². The van der Waals surface area contributed by atoms with Crippen LogP contribution in [-0.4, -0.2) is 41.0 Å². The summed E-state index contributed by atoms with van der Waals surface area (Å²) in [5, 5.41) is 8.73. The fourth-order valence-corrected chi connectivity index (χ4v) is 2.52. The van der Waals surface area contributed by atoms with Gasteiger partial charge in [0.15, 0.2) is 0 Å². The molecule has 1 saturated heterocycles. The lowest BCUT2D eigenvalue weighted by atomic mass is 9.83. The van der Waals surface area contributed by atoms with Gasteiger partial charge in [0.05, 0.1) is 11.8 Å². The number of hydrogen-bond donors (Lipinski definition) is 2. The van der Waals surface area contributed by atoms with Crippen molar-refractivity contribution in [3.05, 3.63) is 0 Å². The van der Waals surface area contributed by atoms with E-state index in [1.807, 2.05) is 0 Å². The fourth-order valence-electron chi connectivity index (χ4n) is 2.52. The molecule has 90 valence electrons. The lowest BCUT2D eigenvalue weighted by Gasteiger charge is -2.40. The molecule has 1 aliphatic carbocycles. The summed E-state index contributed by atoms with van der Waals surface area (Å²) in [6.45, 7) is 0.717. The van der Waals surface area contributed by atoms with E-state index in [9.17, 15) is 9.59 Å². The number of nitrogens with two attached hydrogens (primary N) is 1. The van der Waals surface area contributed by atoms with Crippen molar-refractivity contribution in [2.24, 2.45) is 17.6 Å². The van der Waals surface area contributed by atoms with Crippen molar-refractivity contribution in [2.75, 3.05) is 13.1 Å². The first-order valence-corrected chi connectivity index (χ1v) is 5.86. The van der Waals surface area contributed by atoms with Gasteiger partial charge in [0, 0.05) is 19.1 Å². The molecule has 2 atom stereocenters. The van der Waals surface area contributed by atoms with Crippen molar-refractivity contribution in [3.8, 4) is 0 Å². The van der Waals surface area contributed by atoms with E-state index in [-0.39, 0.29) is 23.8 Å². The third kappa shape index (κ3) is 2.04. The Morgan fingerprint density at radius 1 is 1.19 bits per heavy atom. The second-order valence-corrected chi connectivity index (χ2v) is 4.83. The van der Waals surface area contributed by atoms with Crippen LogP contribution in [0, 0.1) is 11.8 Å². The Bertz CT molecular complexity index is 300. The SMILES string of the molecule is NC1CCCCC1C(=O)N1CC(C(=O)O)C1. The van der Waals surface area contributed by atoms with Crippen molar-refractivity contribution >= 4 is 11.9 Å². The molecule has 0 aromatic carbocycles. The average Bonchev–Trinajstić information content (AvgIpc) is 2.15. The number of carboxylic acids is 1. The summed E-state index contributed by atoms with van der Waals surface area (Å²) < 4.78 is 0. The third-order valence-electron chi connectivity index (χ3n) is 3.68. The van der Waals surface area contributed by atoms with Crippen LogP contribution in [0.5, 0.6) is 0 Å². The van der Waals surface area contributed by atoms with Crippen LogP contribution in [0.3, 0.4) is 0 Å². The van der Waals surface area contributed by atoms with E-state index in [4.69, 9.17) is 10.8 Å². The number of aliphatic carboxylic acids is 1. The lowest BCUT2D eigenvalue weighted by Crippen LogP contribution is -2.57. The second kappa shape index (κ2) is 4.41.